The summed E-state index contributed by atoms with van der Waals surface area (Å²) in [4.78, 5) is 24.1. The summed E-state index contributed by atoms with van der Waals surface area (Å²) in [5.41, 5.74) is 4.50. The van der Waals surface area contributed by atoms with Crippen LogP contribution in [0.25, 0.3) is 0 Å². The van der Waals surface area contributed by atoms with Gasteiger partial charge in [-0.25, -0.2) is 4.79 Å². The molecule has 142 valence electrons. The summed E-state index contributed by atoms with van der Waals surface area (Å²) in [6, 6.07) is 13.3. The van der Waals surface area contributed by atoms with Gasteiger partial charge in [0.05, 0.1) is 0 Å². The second kappa shape index (κ2) is 7.82. The van der Waals surface area contributed by atoms with E-state index < -0.39 is 11.7 Å². The molecule has 0 radical (unpaired) electrons. The molecule has 2 amide bonds. The van der Waals surface area contributed by atoms with E-state index >= 15 is 0 Å². The monoisotopic (exact) mass is 366 g/mol. The number of aryl methyl sites for hydroxylation is 2. The minimum absolute atomic E-state index is 0.139. The number of amides is 2. The lowest BCUT2D eigenvalue weighted by atomic mass is 10.1. The highest BCUT2D eigenvalue weighted by Gasteiger charge is 2.16. The molecule has 0 bridgehead atoms. The van der Waals surface area contributed by atoms with Gasteiger partial charge in [-0.2, -0.15) is 0 Å². The van der Waals surface area contributed by atoms with Gasteiger partial charge in [-0.15, -0.1) is 0 Å². The van der Waals surface area contributed by atoms with Crippen molar-refractivity contribution >= 4 is 17.7 Å². The zero-order valence-electron chi connectivity index (χ0n) is 16.1. The highest BCUT2D eigenvalue weighted by molar-refractivity contribution is 6.04. The Kier molecular flexibility index (Phi) is 5.49. The molecule has 1 aliphatic carbocycles. The van der Waals surface area contributed by atoms with E-state index in [9.17, 15) is 9.59 Å². The zero-order valence-corrected chi connectivity index (χ0v) is 16.1. The van der Waals surface area contributed by atoms with Gasteiger partial charge in [0, 0.05) is 17.8 Å². The fraction of sp³-hybridized carbons (Fsp3) is 0.364. The van der Waals surface area contributed by atoms with Crippen LogP contribution in [-0.2, 0) is 24.1 Å². The van der Waals surface area contributed by atoms with Crippen molar-refractivity contribution in [2.45, 2.75) is 52.2 Å². The van der Waals surface area contributed by atoms with Crippen LogP contribution in [0.5, 0.6) is 0 Å². The first-order valence-electron chi connectivity index (χ1n) is 9.29. The first-order chi connectivity index (χ1) is 12.8. The maximum absolute atomic E-state index is 12.4. The van der Waals surface area contributed by atoms with Gasteiger partial charge < -0.3 is 15.4 Å². The average Bonchev–Trinajstić information content (AvgIpc) is 3.06. The van der Waals surface area contributed by atoms with Crippen LogP contribution in [0.1, 0.15) is 54.2 Å². The van der Waals surface area contributed by atoms with Crippen molar-refractivity contribution in [2.24, 2.45) is 0 Å². The minimum atomic E-state index is -0.524. The normalized spacial score (nSPS) is 13.0. The van der Waals surface area contributed by atoms with Gasteiger partial charge in [-0.05, 0) is 81.0 Å². The third-order valence-corrected chi connectivity index (χ3v) is 4.41. The second-order valence-electron chi connectivity index (χ2n) is 7.84. The van der Waals surface area contributed by atoms with Crippen LogP contribution < -0.4 is 10.6 Å². The van der Waals surface area contributed by atoms with E-state index in [4.69, 9.17) is 4.74 Å². The Balaban J connectivity index is 1.55. The Labute approximate surface area is 160 Å². The highest BCUT2D eigenvalue weighted by atomic mass is 16.6. The summed E-state index contributed by atoms with van der Waals surface area (Å²) in [6.45, 7) is 5.81. The van der Waals surface area contributed by atoms with E-state index in [0.717, 1.165) is 24.1 Å². The summed E-state index contributed by atoms with van der Waals surface area (Å²) in [6.07, 6.45) is 2.94. The number of nitrogens with one attached hydrogen (secondary N) is 2. The maximum Gasteiger partial charge on any atom is 0.407 e. The summed E-state index contributed by atoms with van der Waals surface area (Å²) in [7, 11) is 0. The lowest BCUT2D eigenvalue weighted by Crippen LogP contribution is -2.32. The third-order valence-electron chi connectivity index (χ3n) is 4.41. The van der Waals surface area contributed by atoms with Crippen molar-refractivity contribution in [3.63, 3.8) is 0 Å². The number of hydrogen-bond donors (Lipinski definition) is 2. The van der Waals surface area contributed by atoms with Crippen molar-refractivity contribution in [1.29, 1.82) is 0 Å². The molecule has 2 aromatic rings. The molecule has 0 aliphatic heterocycles. The molecular weight excluding hydrogens is 340 g/mol. The number of carbonyl (C=O) groups is 2. The van der Waals surface area contributed by atoms with Crippen molar-refractivity contribution in [1.82, 2.24) is 5.32 Å². The van der Waals surface area contributed by atoms with Crippen LogP contribution in [-0.4, -0.2) is 17.6 Å². The van der Waals surface area contributed by atoms with E-state index in [1.165, 1.54) is 17.5 Å². The predicted octanol–water partition coefficient (Wildman–Crippen LogP) is 4.45. The molecule has 0 saturated heterocycles. The lowest BCUT2D eigenvalue weighted by molar-refractivity contribution is 0.0523. The Bertz CT molecular complexity index is 836. The van der Waals surface area contributed by atoms with E-state index in [-0.39, 0.29) is 5.91 Å². The molecule has 0 saturated carbocycles. The molecule has 1 aliphatic rings. The number of carbonyl (C=O) groups excluding carboxylic acids is 2. The zero-order chi connectivity index (χ0) is 19.4. The molecule has 0 spiro atoms. The SMILES string of the molecule is CC(C)(C)OC(=O)NCc1ccc(C(=O)Nc2ccc3c(c2)CCC3)cc1. The Hall–Kier alpha value is -2.82. The van der Waals surface area contributed by atoms with Crippen molar-refractivity contribution in [3.8, 4) is 0 Å². The number of ether oxygens (including phenoxy) is 1. The maximum atomic E-state index is 12.4. The van der Waals surface area contributed by atoms with Gasteiger partial charge >= 0.3 is 6.09 Å². The van der Waals surface area contributed by atoms with Crippen molar-refractivity contribution < 1.29 is 14.3 Å². The summed E-state index contributed by atoms with van der Waals surface area (Å²) < 4.78 is 5.21. The third kappa shape index (κ3) is 5.33. The quantitative estimate of drug-likeness (QED) is 0.840. The standard InChI is InChI=1S/C22H26N2O3/c1-22(2,3)27-21(26)23-14-15-7-9-17(10-8-15)20(25)24-19-12-11-16-5-4-6-18(16)13-19/h7-13H,4-6,14H2,1-3H3,(H,23,26)(H,24,25). The summed E-state index contributed by atoms with van der Waals surface area (Å²) >= 11 is 0. The summed E-state index contributed by atoms with van der Waals surface area (Å²) in [5, 5.41) is 5.66. The molecule has 0 atom stereocenters. The van der Waals surface area contributed by atoms with Gasteiger partial charge in [0.15, 0.2) is 0 Å². The van der Waals surface area contributed by atoms with Gasteiger partial charge in [-0.1, -0.05) is 18.2 Å². The van der Waals surface area contributed by atoms with E-state index in [1.54, 1.807) is 12.1 Å². The first kappa shape index (κ1) is 19.0. The number of anilines is 1. The molecule has 0 fully saturated rings. The number of fused-ring (bicyclic) bond motifs is 1. The minimum Gasteiger partial charge on any atom is -0.444 e. The first-order valence-corrected chi connectivity index (χ1v) is 9.29. The van der Waals surface area contributed by atoms with E-state index in [2.05, 4.69) is 22.8 Å². The van der Waals surface area contributed by atoms with E-state index in [0.29, 0.717) is 12.1 Å². The summed E-state index contributed by atoms with van der Waals surface area (Å²) in [5.74, 6) is -0.139. The fourth-order valence-corrected chi connectivity index (χ4v) is 3.12. The second-order valence-corrected chi connectivity index (χ2v) is 7.84. The molecule has 27 heavy (non-hydrogen) atoms. The Morgan fingerprint density at radius 1 is 1.00 bits per heavy atom. The average molecular weight is 366 g/mol. The van der Waals surface area contributed by atoms with E-state index in [1.807, 2.05) is 39.0 Å². The van der Waals surface area contributed by atoms with Gasteiger partial charge in [-0.3, -0.25) is 4.79 Å². The highest BCUT2D eigenvalue weighted by Crippen LogP contribution is 2.25. The number of rotatable bonds is 4. The predicted molar refractivity (Wildman–Crippen MR) is 106 cm³/mol. The number of alkyl carbamates (subject to hydrolysis) is 1. The van der Waals surface area contributed by atoms with Gasteiger partial charge in [0.1, 0.15) is 5.60 Å². The molecule has 5 nitrogen and oxygen atoms in total. The van der Waals surface area contributed by atoms with Crippen LogP contribution in [0.3, 0.4) is 0 Å². The van der Waals surface area contributed by atoms with Crippen LogP contribution in [0, 0.1) is 0 Å². The van der Waals surface area contributed by atoms with Crippen LogP contribution in [0.15, 0.2) is 42.5 Å². The molecule has 2 N–H and O–H groups in total. The molecule has 2 aromatic carbocycles. The van der Waals surface area contributed by atoms with Crippen molar-refractivity contribution in [2.75, 3.05) is 5.32 Å². The van der Waals surface area contributed by atoms with Gasteiger partial charge in [0.25, 0.3) is 5.91 Å². The molecule has 0 heterocycles. The molecule has 3 rings (SSSR count). The fourth-order valence-electron chi connectivity index (χ4n) is 3.12. The molecule has 0 aromatic heterocycles. The van der Waals surface area contributed by atoms with Gasteiger partial charge in [0.2, 0.25) is 0 Å². The Morgan fingerprint density at radius 2 is 1.70 bits per heavy atom. The molecule has 0 unspecified atom stereocenters. The smallest absolute Gasteiger partial charge is 0.407 e. The largest absolute Gasteiger partial charge is 0.444 e. The Morgan fingerprint density at radius 3 is 2.41 bits per heavy atom. The lowest BCUT2D eigenvalue weighted by Gasteiger charge is -2.19. The van der Waals surface area contributed by atoms with Crippen molar-refractivity contribution in [3.05, 3.63) is 64.7 Å². The number of hydrogen-bond acceptors (Lipinski definition) is 3. The van der Waals surface area contributed by atoms with Crippen LogP contribution in [0.4, 0.5) is 10.5 Å². The molecule has 5 heteroatoms. The molecular formula is C22H26N2O3. The number of benzene rings is 2. The topological polar surface area (TPSA) is 67.4 Å². The van der Waals surface area contributed by atoms with Crippen LogP contribution >= 0.6 is 0 Å². The van der Waals surface area contributed by atoms with Crippen LogP contribution in [0.2, 0.25) is 0 Å².